The summed E-state index contributed by atoms with van der Waals surface area (Å²) in [5, 5.41) is 21.8. The second-order valence-electron chi connectivity index (χ2n) is 38.1. The third-order valence-electron chi connectivity index (χ3n) is 31.4. The molecule has 2 aromatic rings. The van der Waals surface area contributed by atoms with Crippen LogP contribution >= 0.6 is 0 Å². The van der Waals surface area contributed by atoms with E-state index in [9.17, 15) is 29.4 Å². The highest BCUT2D eigenvalue weighted by Gasteiger charge is 2.66. The molecule has 0 amide bonds. The lowest BCUT2D eigenvalue weighted by atomic mass is 9.42. The summed E-state index contributed by atoms with van der Waals surface area (Å²) in [6.07, 6.45) is 32.6. The fraction of sp³-hybridized carbons (Fsp3) is 0.708. The zero-order valence-electron chi connectivity index (χ0n) is 65.9. The Morgan fingerprint density at radius 1 is 0.447 bits per heavy atom. The Balaban J connectivity index is 0.593. The smallest absolute Gasteiger partial charge is 0.322 e. The van der Waals surface area contributed by atoms with Crippen LogP contribution in [0.4, 0.5) is 0 Å². The largest absolute Gasteiger partial charge is 0.508 e. The van der Waals surface area contributed by atoms with Crippen LogP contribution in [-0.4, -0.2) is 93.0 Å². The molecule has 0 saturated heterocycles. The third-order valence-corrected chi connectivity index (χ3v) is 31.4. The van der Waals surface area contributed by atoms with Crippen molar-refractivity contribution in [2.75, 3.05) is 28.4 Å². The predicted molar refractivity (Wildman–Crippen MR) is 403 cm³/mol. The molecule has 14 heteroatoms. The van der Waals surface area contributed by atoms with Gasteiger partial charge in [-0.05, 0) is 267 Å². The molecule has 0 bridgehead atoms. The van der Waals surface area contributed by atoms with Crippen molar-refractivity contribution in [1.82, 2.24) is 0 Å². The normalized spacial score (nSPS) is 38.6. The number of allylic oxidation sites excluding steroid dienone is 5. The van der Waals surface area contributed by atoms with Gasteiger partial charge in [-0.3, -0.25) is 19.2 Å². The van der Waals surface area contributed by atoms with Crippen LogP contribution in [0.3, 0.4) is 0 Å². The molecule has 2 aromatic carbocycles. The lowest BCUT2D eigenvalue weighted by Crippen LogP contribution is -2.58. The van der Waals surface area contributed by atoms with E-state index in [4.69, 9.17) is 37.9 Å². The molecule has 0 heterocycles. The van der Waals surface area contributed by atoms with Crippen molar-refractivity contribution in [2.45, 2.75) is 269 Å². The molecule has 12 rings (SSSR count). The number of aliphatic hydroxyl groups excluding tert-OH is 2. The van der Waals surface area contributed by atoms with Crippen molar-refractivity contribution in [3.63, 3.8) is 0 Å². The Labute approximate surface area is 616 Å². The van der Waals surface area contributed by atoms with Crippen LogP contribution < -0.4 is 18.9 Å². The van der Waals surface area contributed by atoms with E-state index in [-0.39, 0.29) is 95.1 Å². The fourth-order valence-corrected chi connectivity index (χ4v) is 26.5. The van der Waals surface area contributed by atoms with Gasteiger partial charge in [0.15, 0.2) is 23.0 Å². The number of carbonyl (C=O) groups excluding carboxylic acids is 4. The predicted octanol–water partition coefficient (Wildman–Crippen LogP) is 19.5. The monoisotopic (exact) mass is 1420 g/mol. The number of hydrogen-bond acceptors (Lipinski definition) is 14. The van der Waals surface area contributed by atoms with Gasteiger partial charge in [0.1, 0.15) is 30.8 Å². The van der Waals surface area contributed by atoms with Gasteiger partial charge in [0.05, 0.1) is 32.5 Å². The maximum Gasteiger partial charge on any atom is 0.322 e. The zero-order valence-corrected chi connectivity index (χ0v) is 65.9. The Hall–Kier alpha value is -5.70. The van der Waals surface area contributed by atoms with E-state index in [0.717, 1.165) is 51.4 Å². The number of ether oxygens (including phenoxy) is 8. The van der Waals surface area contributed by atoms with Crippen LogP contribution in [0.25, 0.3) is 12.2 Å². The van der Waals surface area contributed by atoms with E-state index in [1.54, 1.807) is 59.7 Å². The molecular formula is C89H126O14. The molecule has 566 valence electrons. The number of esters is 4. The Morgan fingerprint density at radius 3 is 1.24 bits per heavy atom. The van der Waals surface area contributed by atoms with Gasteiger partial charge in [0.25, 0.3) is 0 Å². The molecular weight excluding hydrogens is 1290 g/mol. The van der Waals surface area contributed by atoms with E-state index in [1.807, 2.05) is 14.2 Å². The van der Waals surface area contributed by atoms with E-state index in [0.29, 0.717) is 70.7 Å². The van der Waals surface area contributed by atoms with Crippen molar-refractivity contribution >= 4 is 36.0 Å². The Bertz CT molecular complexity index is 3700. The first-order valence-electron chi connectivity index (χ1n) is 39.5. The van der Waals surface area contributed by atoms with Gasteiger partial charge in [-0.15, -0.1) is 0 Å². The highest BCUT2D eigenvalue weighted by Crippen LogP contribution is 2.73. The van der Waals surface area contributed by atoms with Crippen molar-refractivity contribution in [1.29, 1.82) is 0 Å². The first-order valence-corrected chi connectivity index (χ1v) is 39.5. The van der Waals surface area contributed by atoms with Gasteiger partial charge in [-0.2, -0.15) is 0 Å². The van der Waals surface area contributed by atoms with Gasteiger partial charge >= 0.3 is 23.9 Å². The van der Waals surface area contributed by atoms with Crippen LogP contribution in [0.2, 0.25) is 0 Å². The lowest BCUT2D eigenvalue weighted by Gasteiger charge is -2.64. The highest BCUT2D eigenvalue weighted by molar-refractivity contribution is 5.93. The fourth-order valence-electron chi connectivity index (χ4n) is 26.5. The van der Waals surface area contributed by atoms with Gasteiger partial charge in [-0.25, -0.2) is 0 Å². The maximum absolute atomic E-state index is 13.7. The molecule has 8 fully saturated rings. The molecule has 0 radical (unpaired) electrons. The summed E-state index contributed by atoms with van der Waals surface area (Å²) in [5.41, 5.74) is 5.51. The van der Waals surface area contributed by atoms with Gasteiger partial charge in [0.2, 0.25) is 0 Å². The average Bonchev–Trinajstić information content (AvgIpc) is 1.67. The van der Waals surface area contributed by atoms with Crippen molar-refractivity contribution in [3.8, 4) is 23.0 Å². The van der Waals surface area contributed by atoms with Gasteiger partial charge in [0, 0.05) is 25.0 Å². The third kappa shape index (κ3) is 13.9. The van der Waals surface area contributed by atoms with Crippen molar-refractivity contribution in [3.05, 3.63) is 94.8 Å². The maximum atomic E-state index is 13.7. The highest BCUT2D eigenvalue weighted by atomic mass is 16.6. The number of rotatable bonds is 17. The number of fused-ring (bicyclic) bond motifs is 12. The van der Waals surface area contributed by atoms with Gasteiger partial charge < -0.3 is 48.1 Å². The quantitative estimate of drug-likeness (QED) is 0.0381. The standard InChI is InChI=1S/C89H126O14/c1-80(2)68-35-41-84(9)52-56-23-31-66-82(5,6)74(39-43-86(66,11)60(56)27-33-70(84)88(68,13)45-37-72(80)98-17)102-78(94)50-76(92)100-62-29-21-54(47-64(62)96-15)19-25-58(90)49-59(91)26-20-55-22-30-63(65(48-55)97-16)101-77(93)51-79(95)103-75-40-44-87(12)61-28-34-71-85(10,53-57(61)24-32-67(87)83(75,7)8)42-36-69-81(3,4)73(99-18)38-46-89(69,71)14/h19-26,29-30,47-49,58,60-61,66-75,90-91H,27-28,31-46,50-53H2,1-18H3/b25-19+,26-20+,59-49-/t58?,60?,61-,66?,67-,68-,69?,70?,71?,72+,73?,74?,75+,84-,85-,86+,87+,88-,89-/m0/s1. The van der Waals surface area contributed by atoms with Crippen LogP contribution in [0.5, 0.6) is 23.0 Å². The van der Waals surface area contributed by atoms with Crippen LogP contribution in [0, 0.1) is 101 Å². The summed E-state index contributed by atoms with van der Waals surface area (Å²) in [7, 11) is 6.71. The van der Waals surface area contributed by atoms with Gasteiger partial charge in [-0.1, -0.05) is 151 Å². The summed E-state index contributed by atoms with van der Waals surface area (Å²) in [5.74, 6) is 2.07. The summed E-state index contributed by atoms with van der Waals surface area (Å²) < 4.78 is 47.4. The molecule has 0 aromatic heterocycles. The Morgan fingerprint density at radius 2 is 0.835 bits per heavy atom. The second kappa shape index (κ2) is 28.5. The van der Waals surface area contributed by atoms with E-state index in [2.05, 4.69) is 109 Å². The molecule has 0 spiro atoms. The molecule has 8 unspecified atom stereocenters. The minimum Gasteiger partial charge on any atom is -0.508 e. The molecule has 2 N–H and O–H groups in total. The Kier molecular flexibility index (Phi) is 21.3. The van der Waals surface area contributed by atoms with Crippen LogP contribution in [0.15, 0.2) is 83.7 Å². The molecule has 103 heavy (non-hydrogen) atoms. The molecule has 10 aliphatic carbocycles. The first-order chi connectivity index (χ1) is 48.4. The average molecular weight is 1420 g/mol. The molecule has 0 aliphatic heterocycles. The summed E-state index contributed by atoms with van der Waals surface area (Å²) >= 11 is 0. The first kappa shape index (κ1) is 76.9. The molecule has 10 aliphatic rings. The number of methoxy groups -OCH3 is 4. The number of benzene rings is 2. The summed E-state index contributed by atoms with van der Waals surface area (Å²) in [6, 6.07) is 9.78. The van der Waals surface area contributed by atoms with Crippen LogP contribution in [-0.2, 0) is 38.1 Å². The van der Waals surface area contributed by atoms with Crippen LogP contribution in [0.1, 0.15) is 249 Å². The number of carbonyl (C=O) groups is 4. The molecule has 14 nitrogen and oxygen atoms in total. The minimum absolute atomic E-state index is 0.0763. The lowest BCUT2D eigenvalue weighted by molar-refractivity contribution is -0.178. The topological polar surface area (TPSA) is 183 Å². The summed E-state index contributed by atoms with van der Waals surface area (Å²) in [4.78, 5) is 54.2. The van der Waals surface area contributed by atoms with E-state index >= 15 is 0 Å². The number of aliphatic hydroxyl groups is 2. The molecule has 8 saturated carbocycles. The van der Waals surface area contributed by atoms with Crippen molar-refractivity contribution < 1.29 is 67.3 Å². The zero-order chi connectivity index (χ0) is 74.4. The SMILES string of the molecule is COc1cc(/C=C/C(O)/C=C(O)/C=C/c2ccc(OC(=O)CC(=O)O[C@@H]3CC[C@]4(C)[C@H]5CCC6[C@@](C)(CCC7C(C)(C)C(OC)CC[C@@]76C)CC5=CC[C@H]4C3(C)C)c(OC)c2)ccc1OC(=O)CC(=O)OC1CC[C@]2(C)C3CCC4[C@@](C)(CC[C@H]5C(C)(C)[C@H](OC)CC[C@]45C)CC3=CCC2C1(C)C. The van der Waals surface area contributed by atoms with E-state index in [1.165, 1.54) is 109 Å². The molecule has 19 atom stereocenters. The van der Waals surface area contributed by atoms with Crippen molar-refractivity contribution in [2.24, 2.45) is 101 Å². The number of hydrogen-bond donors (Lipinski definition) is 2. The minimum atomic E-state index is -1.20. The second-order valence-corrected chi connectivity index (χ2v) is 38.1. The summed E-state index contributed by atoms with van der Waals surface area (Å²) in [6.45, 7) is 34.5. The van der Waals surface area contributed by atoms with E-state index < -0.39 is 42.8 Å².